The van der Waals surface area contributed by atoms with Crippen LogP contribution in [0.5, 0.6) is 0 Å². The molecule has 2 rings (SSSR count). The third kappa shape index (κ3) is 2.91. The first-order chi connectivity index (χ1) is 8.38. The molecule has 102 valence electrons. The van der Waals surface area contributed by atoms with E-state index in [4.69, 9.17) is 10.3 Å². The van der Waals surface area contributed by atoms with Crippen molar-refractivity contribution in [3.05, 3.63) is 11.7 Å². The Morgan fingerprint density at radius 3 is 2.28 bits per heavy atom. The van der Waals surface area contributed by atoms with E-state index in [2.05, 4.69) is 30.9 Å². The van der Waals surface area contributed by atoms with Gasteiger partial charge in [0, 0.05) is 5.92 Å². The lowest BCUT2D eigenvalue weighted by atomic mass is 9.70. The molecule has 1 saturated carbocycles. The second-order valence-electron chi connectivity index (χ2n) is 6.69. The number of nitrogens with zero attached hydrogens (tertiary/aromatic N) is 2. The molecule has 1 aliphatic carbocycles. The number of nitrogens with two attached hydrogens (primary N) is 1. The van der Waals surface area contributed by atoms with E-state index in [-0.39, 0.29) is 6.04 Å². The fourth-order valence-corrected chi connectivity index (χ4v) is 2.82. The zero-order valence-corrected chi connectivity index (χ0v) is 11.9. The topological polar surface area (TPSA) is 64.9 Å². The maximum Gasteiger partial charge on any atom is 0.243 e. The molecule has 0 unspecified atom stereocenters. The van der Waals surface area contributed by atoms with Gasteiger partial charge in [-0.05, 0) is 43.9 Å². The van der Waals surface area contributed by atoms with Crippen LogP contribution in [0.1, 0.15) is 77.1 Å². The lowest BCUT2D eigenvalue weighted by Crippen LogP contribution is -2.25. The van der Waals surface area contributed by atoms with Gasteiger partial charge in [-0.25, -0.2) is 0 Å². The highest BCUT2D eigenvalue weighted by molar-refractivity contribution is 5.00. The summed E-state index contributed by atoms with van der Waals surface area (Å²) in [5.41, 5.74) is 6.16. The molecule has 0 amide bonds. The summed E-state index contributed by atoms with van der Waals surface area (Å²) in [6.07, 6.45) is 4.85. The van der Waals surface area contributed by atoms with Gasteiger partial charge in [0.05, 0.1) is 6.04 Å². The fourth-order valence-electron chi connectivity index (χ4n) is 2.82. The van der Waals surface area contributed by atoms with Gasteiger partial charge in [-0.1, -0.05) is 25.9 Å². The number of hydrogen-bond acceptors (Lipinski definition) is 4. The maximum absolute atomic E-state index is 5.74. The minimum absolute atomic E-state index is 0.169. The summed E-state index contributed by atoms with van der Waals surface area (Å²) in [4.78, 5) is 4.42. The molecule has 0 bridgehead atoms. The largest absolute Gasteiger partial charge is 0.338 e. The van der Waals surface area contributed by atoms with Crippen LogP contribution in [0.3, 0.4) is 0 Å². The monoisotopic (exact) mass is 251 g/mol. The molecule has 4 heteroatoms. The summed E-state index contributed by atoms with van der Waals surface area (Å²) in [7, 11) is 0. The van der Waals surface area contributed by atoms with Crippen LogP contribution in [0.4, 0.5) is 0 Å². The zero-order chi connectivity index (χ0) is 13.3. The molecule has 1 aromatic heterocycles. The first kappa shape index (κ1) is 13.5. The summed E-state index contributed by atoms with van der Waals surface area (Å²) >= 11 is 0. The van der Waals surface area contributed by atoms with Gasteiger partial charge in [-0.15, -0.1) is 0 Å². The number of hydrogen-bond donors (Lipinski definition) is 1. The van der Waals surface area contributed by atoms with Crippen molar-refractivity contribution >= 4 is 0 Å². The van der Waals surface area contributed by atoms with Gasteiger partial charge in [0.25, 0.3) is 0 Å². The van der Waals surface area contributed by atoms with E-state index in [0.717, 1.165) is 11.7 Å². The second kappa shape index (κ2) is 5.00. The summed E-state index contributed by atoms with van der Waals surface area (Å²) in [6, 6.07) is -0.169. The van der Waals surface area contributed by atoms with Gasteiger partial charge in [0.15, 0.2) is 5.82 Å². The van der Waals surface area contributed by atoms with Gasteiger partial charge >= 0.3 is 0 Å². The van der Waals surface area contributed by atoms with Gasteiger partial charge in [0.1, 0.15) is 0 Å². The Kier molecular flexibility index (Phi) is 3.76. The molecule has 0 aliphatic heterocycles. The Bertz CT molecular complexity index is 384. The minimum Gasteiger partial charge on any atom is -0.338 e. The summed E-state index contributed by atoms with van der Waals surface area (Å²) < 4.78 is 5.19. The van der Waals surface area contributed by atoms with Gasteiger partial charge in [-0.2, -0.15) is 4.98 Å². The summed E-state index contributed by atoms with van der Waals surface area (Å²) in [5, 5.41) is 4.08. The molecule has 0 radical (unpaired) electrons. The van der Waals surface area contributed by atoms with Crippen molar-refractivity contribution in [2.45, 2.75) is 65.3 Å². The highest BCUT2D eigenvalue weighted by Crippen LogP contribution is 2.42. The molecule has 2 N–H and O–H groups in total. The molecule has 0 spiro atoms. The van der Waals surface area contributed by atoms with Crippen molar-refractivity contribution in [2.75, 3.05) is 0 Å². The van der Waals surface area contributed by atoms with Crippen molar-refractivity contribution in [1.29, 1.82) is 0 Å². The molecule has 1 atom stereocenters. The van der Waals surface area contributed by atoms with E-state index in [1.165, 1.54) is 25.7 Å². The zero-order valence-electron chi connectivity index (χ0n) is 11.9. The predicted octanol–water partition coefficient (Wildman–Crippen LogP) is 3.41. The van der Waals surface area contributed by atoms with Gasteiger partial charge < -0.3 is 10.3 Å². The van der Waals surface area contributed by atoms with Crippen molar-refractivity contribution in [3.63, 3.8) is 0 Å². The van der Waals surface area contributed by atoms with Gasteiger partial charge in [0.2, 0.25) is 5.89 Å². The highest BCUT2D eigenvalue weighted by atomic mass is 16.5. The Hall–Kier alpha value is -0.900. The van der Waals surface area contributed by atoms with E-state index in [0.29, 0.717) is 17.2 Å². The van der Waals surface area contributed by atoms with Crippen LogP contribution < -0.4 is 5.73 Å². The first-order valence-electron chi connectivity index (χ1n) is 6.97. The quantitative estimate of drug-likeness (QED) is 0.874. The van der Waals surface area contributed by atoms with E-state index in [1.807, 2.05) is 6.92 Å². The normalized spacial score (nSPS) is 27.2. The van der Waals surface area contributed by atoms with E-state index >= 15 is 0 Å². The highest BCUT2D eigenvalue weighted by Gasteiger charge is 2.32. The molecule has 1 heterocycles. The summed E-state index contributed by atoms with van der Waals surface area (Å²) in [6.45, 7) is 8.87. The molecule has 0 saturated heterocycles. The van der Waals surface area contributed by atoms with E-state index < -0.39 is 0 Å². The van der Waals surface area contributed by atoms with E-state index in [9.17, 15) is 0 Å². The van der Waals surface area contributed by atoms with Gasteiger partial charge in [-0.3, -0.25) is 0 Å². The predicted molar refractivity (Wildman–Crippen MR) is 71.1 cm³/mol. The van der Waals surface area contributed by atoms with Crippen LogP contribution in [0, 0.1) is 11.3 Å². The van der Waals surface area contributed by atoms with Crippen molar-refractivity contribution in [2.24, 2.45) is 17.1 Å². The first-order valence-corrected chi connectivity index (χ1v) is 6.97. The third-order valence-corrected chi connectivity index (χ3v) is 4.16. The Morgan fingerprint density at radius 2 is 1.83 bits per heavy atom. The van der Waals surface area contributed by atoms with Crippen LogP contribution in [-0.2, 0) is 0 Å². The van der Waals surface area contributed by atoms with Crippen LogP contribution in [-0.4, -0.2) is 10.1 Å². The second-order valence-corrected chi connectivity index (χ2v) is 6.69. The van der Waals surface area contributed by atoms with Crippen LogP contribution >= 0.6 is 0 Å². The Labute approximate surface area is 109 Å². The fraction of sp³-hybridized carbons (Fsp3) is 0.857. The summed E-state index contributed by atoms with van der Waals surface area (Å²) in [5.74, 6) is 2.69. The molecular weight excluding hydrogens is 226 g/mol. The van der Waals surface area contributed by atoms with Crippen molar-refractivity contribution in [1.82, 2.24) is 10.1 Å². The third-order valence-electron chi connectivity index (χ3n) is 4.16. The lowest BCUT2D eigenvalue weighted by molar-refractivity contribution is 0.166. The lowest BCUT2D eigenvalue weighted by Gasteiger charge is -2.36. The number of rotatable bonds is 2. The minimum atomic E-state index is -0.169. The van der Waals surface area contributed by atoms with Crippen LogP contribution in [0.15, 0.2) is 4.52 Å². The van der Waals surface area contributed by atoms with Crippen LogP contribution in [0.25, 0.3) is 0 Å². The van der Waals surface area contributed by atoms with Crippen molar-refractivity contribution < 1.29 is 4.52 Å². The molecule has 0 aromatic carbocycles. The SMILES string of the molecule is C[C@H](N)c1nc(C2CCC(C(C)(C)C)CC2)no1. The average Bonchev–Trinajstić information content (AvgIpc) is 2.77. The molecule has 18 heavy (non-hydrogen) atoms. The Balaban J connectivity index is 1.97. The standard InChI is InChI=1S/C14H25N3O/c1-9(15)13-16-12(17-18-13)10-5-7-11(8-6-10)14(2,3)4/h9-11H,5-8,15H2,1-4H3/t9-,10?,11?/m0/s1. The smallest absolute Gasteiger partial charge is 0.243 e. The molecule has 1 fully saturated rings. The molecule has 1 aliphatic rings. The molecule has 4 nitrogen and oxygen atoms in total. The van der Waals surface area contributed by atoms with Crippen LogP contribution in [0.2, 0.25) is 0 Å². The van der Waals surface area contributed by atoms with Crippen molar-refractivity contribution in [3.8, 4) is 0 Å². The van der Waals surface area contributed by atoms with E-state index in [1.54, 1.807) is 0 Å². The Morgan fingerprint density at radius 1 is 1.22 bits per heavy atom. The average molecular weight is 251 g/mol. The molecular formula is C14H25N3O. The molecule has 1 aromatic rings. The maximum atomic E-state index is 5.74. The number of aromatic nitrogens is 2.